The summed E-state index contributed by atoms with van der Waals surface area (Å²) < 4.78 is 0. The van der Waals surface area contributed by atoms with E-state index in [0.717, 1.165) is 11.4 Å². The number of carbonyl (C=O) groups is 1. The van der Waals surface area contributed by atoms with Gasteiger partial charge in [-0.15, -0.1) is 5.54 Å². The van der Waals surface area contributed by atoms with Crippen LogP contribution in [0, 0.1) is 11.5 Å². The molecule has 0 unspecified atom stereocenters. The van der Waals surface area contributed by atoms with E-state index in [0.29, 0.717) is 16.6 Å². The van der Waals surface area contributed by atoms with Crippen molar-refractivity contribution in [2.45, 2.75) is 58.2 Å². The van der Waals surface area contributed by atoms with E-state index >= 15 is 0 Å². The Morgan fingerprint density at radius 2 is 1.21 bits per heavy atom. The average Bonchev–Trinajstić information content (AvgIpc) is 2.69. The number of rotatable bonds is 6. The number of carbonyl (C=O) groups excluding carboxylic acids is 1. The van der Waals surface area contributed by atoms with Crippen molar-refractivity contribution in [1.29, 1.82) is 0 Å². The molecule has 0 aromatic heterocycles. The molecule has 0 fully saturated rings. The smallest absolute Gasteiger partial charge is 0.256 e. The van der Waals surface area contributed by atoms with Gasteiger partial charge in [-0.25, -0.2) is 0 Å². The zero-order valence-corrected chi connectivity index (χ0v) is 19.5. The first-order valence-corrected chi connectivity index (χ1v) is 12.7. The fourth-order valence-corrected chi connectivity index (χ4v) is 9.54. The molecular weight excluding hydrogens is 370 g/mol. The molecule has 29 heavy (non-hydrogen) atoms. The van der Waals surface area contributed by atoms with Crippen molar-refractivity contribution in [3.05, 3.63) is 72.8 Å². The second kappa shape index (κ2) is 10.3. The van der Waals surface area contributed by atoms with E-state index in [2.05, 4.69) is 53.0 Å². The maximum Gasteiger partial charge on any atom is 0.256 e. The van der Waals surface area contributed by atoms with Crippen LogP contribution in [0.3, 0.4) is 0 Å². The molecule has 0 saturated carbocycles. The maximum absolute atomic E-state index is 13.1. The summed E-state index contributed by atoms with van der Waals surface area (Å²) >= 11 is 0. The van der Waals surface area contributed by atoms with Gasteiger partial charge in [-0.3, -0.25) is 9.69 Å². The number of allylic oxidation sites excluding steroid dienone is 1. The maximum atomic E-state index is 13.1. The third-order valence-corrected chi connectivity index (χ3v) is 12.0. The molecule has 0 saturated heterocycles. The highest BCUT2D eigenvalue weighted by Crippen LogP contribution is 2.40. The number of hydrogen-bond donors (Lipinski definition) is 0. The number of benzene rings is 2. The molecule has 0 aliphatic carbocycles. The Balaban J connectivity index is 2.34. The highest BCUT2D eigenvalue weighted by atomic mass is 28.3. The van der Waals surface area contributed by atoms with Gasteiger partial charge < -0.3 is 0 Å². The number of para-hydroxylation sites is 2. The molecule has 0 aliphatic heterocycles. The molecule has 2 aromatic rings. The van der Waals surface area contributed by atoms with Gasteiger partial charge in [0, 0.05) is 17.5 Å². The number of hydrogen-bond acceptors (Lipinski definition) is 1. The van der Waals surface area contributed by atoms with Crippen molar-refractivity contribution in [3.63, 3.8) is 0 Å². The average molecular weight is 404 g/mol. The van der Waals surface area contributed by atoms with Gasteiger partial charge in [0.2, 0.25) is 0 Å². The Hall–Kier alpha value is -2.57. The lowest BCUT2D eigenvalue weighted by Crippen LogP contribution is -2.43. The van der Waals surface area contributed by atoms with Gasteiger partial charge in [0.25, 0.3) is 5.91 Å². The summed E-state index contributed by atoms with van der Waals surface area (Å²) in [6, 6.07) is 19.4. The number of anilines is 2. The van der Waals surface area contributed by atoms with Crippen molar-refractivity contribution in [2.24, 2.45) is 0 Å². The largest absolute Gasteiger partial charge is 0.278 e. The van der Waals surface area contributed by atoms with Crippen molar-refractivity contribution < 1.29 is 4.79 Å². The van der Waals surface area contributed by atoms with E-state index < -0.39 is 8.07 Å². The first-order valence-electron chi connectivity index (χ1n) is 10.4. The minimum atomic E-state index is -1.79. The van der Waals surface area contributed by atoms with E-state index in [4.69, 9.17) is 0 Å². The molecule has 0 aliphatic rings. The first-order chi connectivity index (χ1) is 13.8. The van der Waals surface area contributed by atoms with Crippen LogP contribution in [-0.2, 0) is 4.79 Å². The third-order valence-electron chi connectivity index (χ3n) is 5.71. The van der Waals surface area contributed by atoms with Gasteiger partial charge in [-0.1, -0.05) is 83.9 Å². The van der Waals surface area contributed by atoms with Gasteiger partial charge in [-0.2, -0.15) is 0 Å². The summed E-state index contributed by atoms with van der Waals surface area (Å²) in [5.74, 6) is 3.15. The molecule has 0 bridgehead atoms. The molecule has 0 spiro atoms. The van der Waals surface area contributed by atoms with Crippen molar-refractivity contribution in [2.75, 3.05) is 4.90 Å². The molecule has 152 valence electrons. The van der Waals surface area contributed by atoms with Crippen LogP contribution in [0.2, 0.25) is 16.6 Å². The van der Waals surface area contributed by atoms with Crippen LogP contribution in [-0.4, -0.2) is 14.0 Å². The molecule has 1 amide bonds. The first kappa shape index (κ1) is 22.7. The zero-order chi connectivity index (χ0) is 21.4. The predicted molar refractivity (Wildman–Crippen MR) is 128 cm³/mol. The summed E-state index contributed by atoms with van der Waals surface area (Å²) in [5.41, 5.74) is 7.04. The van der Waals surface area contributed by atoms with Gasteiger partial charge in [0.1, 0.15) is 8.07 Å². The standard InChI is InChI=1S/C26H33NOSi/c1-21(2)29(22(3)4,23(5)6)20-14-13-19-26(28)27(24-15-9-7-10-16-24)25-17-11-8-12-18-25/h7-13,15-19,21-23H,1-6H3/b19-13+. The lowest BCUT2D eigenvalue weighted by atomic mass is 10.2. The summed E-state index contributed by atoms with van der Waals surface area (Å²) in [7, 11) is -1.79. The molecule has 0 radical (unpaired) electrons. The summed E-state index contributed by atoms with van der Waals surface area (Å²) in [4.78, 5) is 14.8. The summed E-state index contributed by atoms with van der Waals surface area (Å²) in [5, 5.41) is 0. The van der Waals surface area contributed by atoms with Crippen LogP contribution < -0.4 is 4.90 Å². The predicted octanol–water partition coefficient (Wildman–Crippen LogP) is 7.13. The van der Waals surface area contributed by atoms with Gasteiger partial charge >= 0.3 is 0 Å². The molecule has 0 atom stereocenters. The Kier molecular flexibility index (Phi) is 8.05. The second-order valence-corrected chi connectivity index (χ2v) is 13.9. The molecular formula is C26H33NOSi. The van der Waals surface area contributed by atoms with E-state index in [9.17, 15) is 4.79 Å². The highest BCUT2D eigenvalue weighted by molar-refractivity contribution is 6.90. The number of amides is 1. The Bertz CT molecular complexity index is 812. The van der Waals surface area contributed by atoms with Gasteiger partial charge in [0.05, 0.1) is 0 Å². The summed E-state index contributed by atoms with van der Waals surface area (Å²) in [6.45, 7) is 13.8. The minimum Gasteiger partial charge on any atom is -0.278 e. The van der Waals surface area contributed by atoms with Crippen LogP contribution in [0.5, 0.6) is 0 Å². The molecule has 2 aromatic carbocycles. The molecule has 0 heterocycles. The van der Waals surface area contributed by atoms with Crippen LogP contribution in [0.1, 0.15) is 41.5 Å². The van der Waals surface area contributed by atoms with Crippen LogP contribution in [0.15, 0.2) is 72.8 Å². The highest BCUT2D eigenvalue weighted by Gasteiger charge is 2.41. The zero-order valence-electron chi connectivity index (χ0n) is 18.5. The third kappa shape index (κ3) is 5.28. The normalized spacial score (nSPS) is 11.8. The van der Waals surface area contributed by atoms with Crippen molar-refractivity contribution >= 4 is 25.4 Å². The van der Waals surface area contributed by atoms with E-state index in [1.165, 1.54) is 0 Å². The van der Waals surface area contributed by atoms with Crippen LogP contribution in [0.4, 0.5) is 11.4 Å². The Morgan fingerprint density at radius 3 is 1.59 bits per heavy atom. The van der Waals surface area contributed by atoms with Crippen molar-refractivity contribution in [1.82, 2.24) is 0 Å². The van der Waals surface area contributed by atoms with E-state index in [1.54, 1.807) is 17.1 Å². The van der Waals surface area contributed by atoms with Crippen LogP contribution >= 0.6 is 0 Å². The molecule has 0 N–H and O–H groups in total. The SMILES string of the molecule is CC(C)[Si](C#C/C=C/C(=O)N(c1ccccc1)c1ccccc1)(C(C)C)C(C)C. The molecule has 3 heteroatoms. The molecule has 2 nitrogen and oxygen atoms in total. The van der Waals surface area contributed by atoms with Crippen LogP contribution in [0.25, 0.3) is 0 Å². The summed E-state index contributed by atoms with van der Waals surface area (Å²) in [6.07, 6.45) is 3.32. The fourth-order valence-electron chi connectivity index (χ4n) is 4.34. The lowest BCUT2D eigenvalue weighted by Gasteiger charge is -2.37. The molecule has 2 rings (SSSR count). The lowest BCUT2D eigenvalue weighted by molar-refractivity contribution is -0.113. The van der Waals surface area contributed by atoms with E-state index in [-0.39, 0.29) is 5.91 Å². The van der Waals surface area contributed by atoms with Gasteiger partial charge in [0.15, 0.2) is 0 Å². The van der Waals surface area contributed by atoms with Gasteiger partial charge in [-0.05, 0) is 47.0 Å². The second-order valence-electron chi connectivity index (χ2n) is 8.34. The minimum absolute atomic E-state index is 0.0948. The Morgan fingerprint density at radius 1 is 0.793 bits per heavy atom. The fraction of sp³-hybridized carbons (Fsp3) is 0.346. The number of nitrogens with zero attached hydrogens (tertiary/aromatic N) is 1. The quantitative estimate of drug-likeness (QED) is 0.285. The monoisotopic (exact) mass is 403 g/mol. The Labute approximate surface area is 177 Å². The van der Waals surface area contributed by atoms with Crippen molar-refractivity contribution in [3.8, 4) is 11.5 Å². The topological polar surface area (TPSA) is 20.3 Å². The van der Waals surface area contributed by atoms with E-state index in [1.807, 2.05) is 60.7 Å².